The first-order valence-electron chi connectivity index (χ1n) is 4.84. The van der Waals surface area contributed by atoms with Crippen LogP contribution in [0.1, 0.15) is 18.9 Å². The highest BCUT2D eigenvalue weighted by Gasteiger charge is 2.27. The van der Waals surface area contributed by atoms with Crippen molar-refractivity contribution in [2.24, 2.45) is 5.84 Å². The number of imidazole rings is 1. The maximum atomic E-state index is 5.45. The lowest BCUT2D eigenvalue weighted by Gasteiger charge is -2.05. The van der Waals surface area contributed by atoms with E-state index in [0.29, 0.717) is 6.04 Å². The smallest absolute Gasteiger partial charge is 0.218 e. The molecular formula is C10H12N4. The molecule has 0 saturated heterocycles. The molecule has 4 heteroatoms. The molecule has 0 unspecified atom stereocenters. The van der Waals surface area contributed by atoms with Crippen molar-refractivity contribution in [2.45, 2.75) is 18.9 Å². The summed E-state index contributed by atoms with van der Waals surface area (Å²) in [5.74, 6) is 6.22. The maximum Gasteiger partial charge on any atom is 0.218 e. The van der Waals surface area contributed by atoms with Crippen molar-refractivity contribution in [2.75, 3.05) is 5.43 Å². The van der Waals surface area contributed by atoms with Crippen LogP contribution in [0.5, 0.6) is 0 Å². The topological polar surface area (TPSA) is 55.9 Å². The molecular weight excluding hydrogens is 176 g/mol. The Bertz CT molecular complexity index is 470. The van der Waals surface area contributed by atoms with Crippen LogP contribution < -0.4 is 11.3 Å². The van der Waals surface area contributed by atoms with Gasteiger partial charge < -0.3 is 4.57 Å². The van der Waals surface area contributed by atoms with Gasteiger partial charge in [0.1, 0.15) is 0 Å². The summed E-state index contributed by atoms with van der Waals surface area (Å²) < 4.78 is 2.19. The van der Waals surface area contributed by atoms with Gasteiger partial charge in [0.05, 0.1) is 11.0 Å². The zero-order valence-corrected chi connectivity index (χ0v) is 7.77. The van der Waals surface area contributed by atoms with E-state index in [-0.39, 0.29) is 0 Å². The standard InChI is InChI=1S/C10H12N4/c11-13-10-12-8-3-1-2-4-9(8)14(10)7-5-6-7/h1-4,7H,5-6,11H2,(H,12,13). The lowest BCUT2D eigenvalue weighted by Crippen LogP contribution is -2.12. The average molecular weight is 188 g/mol. The molecule has 4 nitrogen and oxygen atoms in total. The SMILES string of the molecule is NNc1nc2ccccc2n1C1CC1. The van der Waals surface area contributed by atoms with Crippen LogP contribution in [0.3, 0.4) is 0 Å². The van der Waals surface area contributed by atoms with E-state index in [0.717, 1.165) is 11.5 Å². The van der Waals surface area contributed by atoms with Crippen LogP contribution in [-0.4, -0.2) is 9.55 Å². The van der Waals surface area contributed by atoms with Crippen LogP contribution in [0.4, 0.5) is 5.95 Å². The number of para-hydroxylation sites is 2. The molecule has 0 radical (unpaired) electrons. The van der Waals surface area contributed by atoms with Gasteiger partial charge in [0, 0.05) is 6.04 Å². The summed E-state index contributed by atoms with van der Waals surface area (Å²) >= 11 is 0. The molecule has 3 rings (SSSR count). The summed E-state index contributed by atoms with van der Waals surface area (Å²) in [4.78, 5) is 4.42. The van der Waals surface area contributed by atoms with Gasteiger partial charge in [-0.2, -0.15) is 0 Å². The Morgan fingerprint density at radius 2 is 2.14 bits per heavy atom. The third kappa shape index (κ3) is 1.01. The van der Waals surface area contributed by atoms with E-state index in [9.17, 15) is 0 Å². The van der Waals surface area contributed by atoms with Gasteiger partial charge in [-0.05, 0) is 25.0 Å². The van der Waals surface area contributed by atoms with Crippen LogP contribution in [-0.2, 0) is 0 Å². The number of hydrazine groups is 1. The highest BCUT2D eigenvalue weighted by atomic mass is 15.4. The first kappa shape index (κ1) is 7.82. The monoisotopic (exact) mass is 188 g/mol. The largest absolute Gasteiger partial charge is 0.306 e. The van der Waals surface area contributed by atoms with E-state index in [2.05, 4.69) is 21.0 Å². The highest BCUT2D eigenvalue weighted by molar-refractivity contribution is 5.78. The molecule has 0 atom stereocenters. The number of hydrogen-bond donors (Lipinski definition) is 2. The van der Waals surface area contributed by atoms with Gasteiger partial charge in [0.2, 0.25) is 5.95 Å². The molecule has 3 N–H and O–H groups in total. The number of nitrogens with one attached hydrogen (secondary N) is 1. The van der Waals surface area contributed by atoms with Gasteiger partial charge in [-0.25, -0.2) is 10.8 Å². The molecule has 1 heterocycles. The molecule has 72 valence electrons. The van der Waals surface area contributed by atoms with Crippen molar-refractivity contribution < 1.29 is 0 Å². The quantitative estimate of drug-likeness (QED) is 0.556. The van der Waals surface area contributed by atoms with Crippen molar-refractivity contribution in [1.82, 2.24) is 9.55 Å². The van der Waals surface area contributed by atoms with Gasteiger partial charge in [0.25, 0.3) is 0 Å². The number of fused-ring (bicyclic) bond motifs is 1. The second-order valence-electron chi connectivity index (χ2n) is 3.67. The zero-order chi connectivity index (χ0) is 9.54. The lowest BCUT2D eigenvalue weighted by molar-refractivity contribution is 0.770. The molecule has 1 aromatic heterocycles. The summed E-state index contributed by atoms with van der Waals surface area (Å²) in [6.45, 7) is 0. The molecule has 2 aromatic rings. The number of nitrogens with two attached hydrogens (primary N) is 1. The minimum atomic E-state index is 0.591. The van der Waals surface area contributed by atoms with E-state index in [1.165, 1.54) is 18.4 Å². The fourth-order valence-electron chi connectivity index (χ4n) is 1.85. The predicted octanol–water partition coefficient (Wildman–Crippen LogP) is 1.66. The molecule has 1 aromatic carbocycles. The average Bonchev–Trinajstić information content (AvgIpc) is 2.98. The Hall–Kier alpha value is -1.55. The first-order chi connectivity index (χ1) is 6.90. The molecule has 0 aliphatic heterocycles. The number of nitrogens with zero attached hydrogens (tertiary/aromatic N) is 2. The van der Waals surface area contributed by atoms with E-state index >= 15 is 0 Å². The van der Waals surface area contributed by atoms with Gasteiger partial charge >= 0.3 is 0 Å². The Kier molecular flexibility index (Phi) is 1.52. The Morgan fingerprint density at radius 3 is 2.86 bits per heavy atom. The second-order valence-corrected chi connectivity index (χ2v) is 3.67. The first-order valence-corrected chi connectivity index (χ1v) is 4.84. The summed E-state index contributed by atoms with van der Waals surface area (Å²) in [6, 6.07) is 8.71. The van der Waals surface area contributed by atoms with Crippen molar-refractivity contribution in [1.29, 1.82) is 0 Å². The van der Waals surface area contributed by atoms with Crippen LogP contribution in [0.25, 0.3) is 11.0 Å². The molecule has 1 aliphatic carbocycles. The zero-order valence-electron chi connectivity index (χ0n) is 7.77. The lowest BCUT2D eigenvalue weighted by atomic mass is 10.3. The van der Waals surface area contributed by atoms with Gasteiger partial charge in [0.15, 0.2) is 0 Å². The number of benzene rings is 1. The Labute approximate surface area is 81.7 Å². The Balaban J connectivity index is 2.29. The molecule has 14 heavy (non-hydrogen) atoms. The van der Waals surface area contributed by atoms with Crippen molar-refractivity contribution in [3.63, 3.8) is 0 Å². The van der Waals surface area contributed by atoms with Crippen molar-refractivity contribution in [3.8, 4) is 0 Å². The minimum absolute atomic E-state index is 0.591. The number of nitrogen functional groups attached to an aromatic ring is 1. The molecule has 1 aliphatic rings. The van der Waals surface area contributed by atoms with Crippen LogP contribution in [0, 0.1) is 0 Å². The maximum absolute atomic E-state index is 5.45. The van der Waals surface area contributed by atoms with Crippen molar-refractivity contribution in [3.05, 3.63) is 24.3 Å². The fourth-order valence-corrected chi connectivity index (χ4v) is 1.85. The van der Waals surface area contributed by atoms with Crippen LogP contribution in [0.15, 0.2) is 24.3 Å². The molecule has 1 fully saturated rings. The normalized spacial score (nSPS) is 16.1. The predicted molar refractivity (Wildman–Crippen MR) is 55.8 cm³/mol. The van der Waals surface area contributed by atoms with Gasteiger partial charge in [-0.3, -0.25) is 5.43 Å². The molecule has 1 saturated carbocycles. The third-order valence-corrected chi connectivity index (χ3v) is 2.64. The fraction of sp³-hybridized carbons (Fsp3) is 0.300. The summed E-state index contributed by atoms with van der Waals surface area (Å²) in [5, 5.41) is 0. The number of rotatable bonds is 2. The minimum Gasteiger partial charge on any atom is -0.306 e. The molecule has 0 bridgehead atoms. The number of hydrogen-bond acceptors (Lipinski definition) is 3. The van der Waals surface area contributed by atoms with E-state index in [4.69, 9.17) is 5.84 Å². The summed E-state index contributed by atoms with van der Waals surface area (Å²) in [6.07, 6.45) is 2.46. The van der Waals surface area contributed by atoms with Gasteiger partial charge in [-0.1, -0.05) is 12.1 Å². The second kappa shape index (κ2) is 2.72. The van der Waals surface area contributed by atoms with Crippen LogP contribution in [0.2, 0.25) is 0 Å². The number of anilines is 1. The summed E-state index contributed by atoms with van der Waals surface area (Å²) in [5.41, 5.74) is 4.83. The van der Waals surface area contributed by atoms with E-state index in [1.807, 2.05) is 18.2 Å². The Morgan fingerprint density at radius 1 is 1.36 bits per heavy atom. The van der Waals surface area contributed by atoms with Gasteiger partial charge in [-0.15, -0.1) is 0 Å². The van der Waals surface area contributed by atoms with E-state index in [1.54, 1.807) is 0 Å². The van der Waals surface area contributed by atoms with Crippen molar-refractivity contribution >= 4 is 17.0 Å². The number of aromatic nitrogens is 2. The highest BCUT2D eigenvalue weighted by Crippen LogP contribution is 2.39. The summed E-state index contributed by atoms with van der Waals surface area (Å²) in [7, 11) is 0. The molecule has 0 spiro atoms. The molecule has 0 amide bonds. The van der Waals surface area contributed by atoms with Crippen LogP contribution >= 0.6 is 0 Å². The third-order valence-electron chi connectivity index (χ3n) is 2.64. The van der Waals surface area contributed by atoms with E-state index < -0.39 is 0 Å².